The van der Waals surface area contributed by atoms with Crippen molar-refractivity contribution in [3.63, 3.8) is 0 Å². The lowest BCUT2D eigenvalue weighted by atomic mass is 10.2. The first-order valence-corrected chi connectivity index (χ1v) is 12.5. The van der Waals surface area contributed by atoms with Gasteiger partial charge in [0.1, 0.15) is 0 Å². The van der Waals surface area contributed by atoms with Gasteiger partial charge in [-0.15, -0.1) is 0 Å². The van der Waals surface area contributed by atoms with Gasteiger partial charge in [-0.2, -0.15) is 18.3 Å². The smallest absolute Gasteiger partial charge is 0.416 e. The first-order valence-electron chi connectivity index (χ1n) is 11.7. The van der Waals surface area contributed by atoms with E-state index in [2.05, 4.69) is 10.5 Å². The van der Waals surface area contributed by atoms with E-state index in [0.29, 0.717) is 42.4 Å². The summed E-state index contributed by atoms with van der Waals surface area (Å²) in [6, 6.07) is 9.17. The van der Waals surface area contributed by atoms with Gasteiger partial charge in [0.05, 0.1) is 40.0 Å². The molecule has 0 saturated heterocycles. The molecule has 3 aromatic rings. The van der Waals surface area contributed by atoms with Gasteiger partial charge in [0.2, 0.25) is 5.75 Å². The third-order valence-electron chi connectivity index (χ3n) is 5.06. The molecule has 9 nitrogen and oxygen atoms in total. The van der Waals surface area contributed by atoms with Crippen LogP contribution in [-0.2, 0) is 6.18 Å². The Balaban J connectivity index is 1.76. The number of hydrogen-bond donors (Lipinski definition) is 1. The van der Waals surface area contributed by atoms with E-state index in [4.69, 9.17) is 37.4 Å². The van der Waals surface area contributed by atoms with Crippen LogP contribution in [0.5, 0.6) is 23.0 Å². The highest BCUT2D eigenvalue weighted by Crippen LogP contribution is 2.42. The number of amides is 1. The lowest BCUT2D eigenvalue weighted by Crippen LogP contribution is -2.17. The van der Waals surface area contributed by atoms with Gasteiger partial charge < -0.3 is 14.2 Å². The lowest BCUT2D eigenvalue weighted by Gasteiger charge is -2.13. The van der Waals surface area contributed by atoms with E-state index in [1.807, 2.05) is 6.92 Å². The summed E-state index contributed by atoms with van der Waals surface area (Å²) in [4.78, 5) is 22.9. The minimum atomic E-state index is -4.78. The summed E-state index contributed by atoms with van der Waals surface area (Å²) in [5.41, 5.74) is 0.809. The Morgan fingerprint density at radius 3 is 2.30 bits per heavy atom. The number of hydrazone groups is 1. The molecule has 0 heterocycles. The number of nitrogens with zero attached hydrogens (tertiary/aromatic N) is 2. The number of nitro benzene ring substituents is 1. The predicted molar refractivity (Wildman–Crippen MR) is 143 cm³/mol. The molecule has 14 heteroatoms. The Morgan fingerprint density at radius 1 is 1.02 bits per heavy atom. The second-order valence-electron chi connectivity index (χ2n) is 8.00. The number of carbonyl (C=O) groups is 1. The Bertz CT molecular complexity index is 1410. The van der Waals surface area contributed by atoms with E-state index in [9.17, 15) is 28.1 Å². The van der Waals surface area contributed by atoms with Gasteiger partial charge in [-0.05, 0) is 61.4 Å². The van der Waals surface area contributed by atoms with Crippen molar-refractivity contribution in [2.45, 2.75) is 26.4 Å². The zero-order valence-electron chi connectivity index (χ0n) is 21.1. The Labute approximate surface area is 236 Å². The quantitative estimate of drug-likeness (QED) is 0.137. The summed E-state index contributed by atoms with van der Waals surface area (Å²) >= 11 is 12.4. The van der Waals surface area contributed by atoms with Gasteiger partial charge in [0.15, 0.2) is 17.2 Å². The zero-order valence-corrected chi connectivity index (χ0v) is 22.6. The number of halogens is 5. The number of carbonyl (C=O) groups excluding carboxylic acids is 1. The molecule has 0 aliphatic carbocycles. The molecule has 1 N–H and O–H groups in total. The van der Waals surface area contributed by atoms with Crippen LogP contribution < -0.4 is 19.6 Å². The number of ether oxygens (including phenoxy) is 3. The SMILES string of the molecule is CCCOc1ccc(C(=O)N/N=C/c2cc(Cl)c(Oc3ccc(C(F)(F)F)cc3[N+](=O)[O-])c(Cl)c2)cc1OCC. The molecule has 0 aromatic heterocycles. The van der Waals surface area contributed by atoms with Gasteiger partial charge in [0.25, 0.3) is 5.91 Å². The molecule has 1 amide bonds. The molecule has 0 unspecified atom stereocenters. The highest BCUT2D eigenvalue weighted by atomic mass is 35.5. The first kappa shape index (κ1) is 30.5. The van der Waals surface area contributed by atoms with Crippen LogP contribution in [0.2, 0.25) is 10.0 Å². The van der Waals surface area contributed by atoms with E-state index in [0.717, 1.165) is 12.5 Å². The molecule has 0 aliphatic heterocycles. The molecule has 40 heavy (non-hydrogen) atoms. The summed E-state index contributed by atoms with van der Waals surface area (Å²) < 4.78 is 55.5. The fourth-order valence-electron chi connectivity index (χ4n) is 3.26. The van der Waals surface area contributed by atoms with Crippen molar-refractivity contribution >= 4 is 41.0 Å². The first-order chi connectivity index (χ1) is 18.9. The summed E-state index contributed by atoms with van der Waals surface area (Å²) in [5.74, 6) is -0.327. The van der Waals surface area contributed by atoms with Gasteiger partial charge >= 0.3 is 11.9 Å². The van der Waals surface area contributed by atoms with Gasteiger partial charge in [-0.3, -0.25) is 14.9 Å². The minimum Gasteiger partial charge on any atom is -0.490 e. The van der Waals surface area contributed by atoms with Crippen LogP contribution in [-0.4, -0.2) is 30.3 Å². The van der Waals surface area contributed by atoms with Crippen molar-refractivity contribution in [3.05, 3.63) is 85.4 Å². The molecule has 0 saturated carbocycles. The highest BCUT2D eigenvalue weighted by molar-refractivity contribution is 6.37. The van der Waals surface area contributed by atoms with Crippen molar-refractivity contribution in [1.29, 1.82) is 0 Å². The fourth-order valence-corrected chi connectivity index (χ4v) is 3.84. The third kappa shape index (κ3) is 7.76. The van der Waals surface area contributed by atoms with Crippen molar-refractivity contribution in [2.75, 3.05) is 13.2 Å². The molecule has 0 fully saturated rings. The molecule has 212 valence electrons. The molecular formula is C26H22Cl2F3N3O6. The maximum atomic E-state index is 13.0. The Kier molecular flexibility index (Phi) is 10.2. The maximum Gasteiger partial charge on any atom is 0.416 e. The van der Waals surface area contributed by atoms with Crippen LogP contribution in [0, 0.1) is 10.1 Å². The molecule has 0 aliphatic rings. The summed E-state index contributed by atoms with van der Waals surface area (Å²) in [6.07, 6.45) is -2.74. The van der Waals surface area contributed by atoms with Crippen LogP contribution in [0.4, 0.5) is 18.9 Å². The van der Waals surface area contributed by atoms with Crippen molar-refractivity contribution in [2.24, 2.45) is 5.10 Å². The monoisotopic (exact) mass is 599 g/mol. The average Bonchev–Trinajstić information content (AvgIpc) is 2.89. The lowest BCUT2D eigenvalue weighted by molar-refractivity contribution is -0.385. The van der Waals surface area contributed by atoms with E-state index < -0.39 is 34.0 Å². The van der Waals surface area contributed by atoms with Crippen molar-refractivity contribution < 1.29 is 37.1 Å². The van der Waals surface area contributed by atoms with E-state index >= 15 is 0 Å². The molecular weight excluding hydrogens is 578 g/mol. The van der Waals surface area contributed by atoms with Gasteiger partial charge in [-0.1, -0.05) is 30.1 Å². The largest absolute Gasteiger partial charge is 0.490 e. The maximum absolute atomic E-state index is 13.0. The van der Waals surface area contributed by atoms with E-state index in [1.54, 1.807) is 19.1 Å². The molecule has 3 aromatic carbocycles. The Morgan fingerprint density at radius 2 is 1.70 bits per heavy atom. The number of hydrogen-bond acceptors (Lipinski definition) is 7. The zero-order chi connectivity index (χ0) is 29.4. The predicted octanol–water partition coefficient (Wildman–Crippen LogP) is 7.66. The third-order valence-corrected chi connectivity index (χ3v) is 5.62. The molecule has 0 atom stereocenters. The highest BCUT2D eigenvalue weighted by Gasteiger charge is 2.33. The number of benzene rings is 3. The van der Waals surface area contributed by atoms with E-state index in [1.165, 1.54) is 24.4 Å². The second kappa shape index (κ2) is 13.4. The summed E-state index contributed by atoms with van der Waals surface area (Å²) in [5, 5.41) is 15.0. The van der Waals surface area contributed by atoms with Crippen molar-refractivity contribution in [1.82, 2.24) is 5.43 Å². The normalized spacial score (nSPS) is 11.4. The fraction of sp³-hybridized carbons (Fsp3) is 0.231. The number of nitro groups is 1. The van der Waals surface area contributed by atoms with Crippen molar-refractivity contribution in [3.8, 4) is 23.0 Å². The molecule has 0 spiro atoms. The molecule has 3 rings (SSSR count). The van der Waals surface area contributed by atoms with Crippen LogP contribution >= 0.6 is 23.2 Å². The van der Waals surface area contributed by atoms with Crippen LogP contribution in [0.3, 0.4) is 0 Å². The number of nitrogens with one attached hydrogen (secondary N) is 1. The summed E-state index contributed by atoms with van der Waals surface area (Å²) in [6.45, 7) is 4.63. The van der Waals surface area contributed by atoms with Gasteiger partial charge in [-0.25, -0.2) is 5.43 Å². The number of rotatable bonds is 11. The van der Waals surface area contributed by atoms with Crippen LogP contribution in [0.1, 0.15) is 41.8 Å². The summed E-state index contributed by atoms with van der Waals surface area (Å²) in [7, 11) is 0. The standard InChI is InChI=1S/C26H22Cl2F3N3O6/c1-3-9-39-22-7-5-16(12-23(22)38-4-2)25(35)33-32-14-15-10-18(27)24(19(28)11-15)40-21-8-6-17(26(29,30)31)13-20(21)34(36)37/h5-8,10-14H,3-4,9H2,1-2H3,(H,33,35)/b32-14+. The van der Waals surface area contributed by atoms with Gasteiger partial charge in [0, 0.05) is 11.6 Å². The second-order valence-corrected chi connectivity index (χ2v) is 8.81. The number of alkyl halides is 3. The van der Waals surface area contributed by atoms with Crippen LogP contribution in [0.15, 0.2) is 53.6 Å². The van der Waals surface area contributed by atoms with E-state index in [-0.39, 0.29) is 21.4 Å². The minimum absolute atomic E-state index is 0.113. The molecule has 0 bridgehead atoms. The average molecular weight is 600 g/mol. The molecule has 0 radical (unpaired) electrons. The van der Waals surface area contributed by atoms with Crippen LogP contribution in [0.25, 0.3) is 0 Å². The topological polar surface area (TPSA) is 112 Å². The Hall–Kier alpha value is -4.03.